The predicted molar refractivity (Wildman–Crippen MR) is 111 cm³/mol. The highest BCUT2D eigenvalue weighted by molar-refractivity contribution is 7.90. The number of hydrogen-bond acceptors (Lipinski definition) is 4. The Hall–Kier alpha value is -1.69. The van der Waals surface area contributed by atoms with Crippen LogP contribution >= 0.6 is 0 Å². The van der Waals surface area contributed by atoms with Crippen molar-refractivity contribution in [1.82, 2.24) is 4.90 Å². The van der Waals surface area contributed by atoms with Gasteiger partial charge in [-0.3, -0.25) is 4.90 Å². The third-order valence-corrected chi connectivity index (χ3v) is 8.19. The third kappa shape index (κ3) is 4.02. The van der Waals surface area contributed by atoms with Crippen LogP contribution in [0.25, 0.3) is 0 Å². The molecule has 2 atom stereocenters. The van der Waals surface area contributed by atoms with Crippen LogP contribution in [-0.2, 0) is 22.1 Å². The molecule has 0 radical (unpaired) electrons. The number of aliphatic hydroxyl groups excluding tert-OH is 1. The van der Waals surface area contributed by atoms with Gasteiger partial charge >= 0.3 is 0 Å². The summed E-state index contributed by atoms with van der Waals surface area (Å²) in [5, 5.41) is 10.5. The zero-order valence-electron chi connectivity index (χ0n) is 16.3. The lowest BCUT2D eigenvalue weighted by atomic mass is 9.76. The quantitative estimate of drug-likeness (QED) is 0.831. The Kier molecular flexibility index (Phi) is 5.59. The van der Waals surface area contributed by atoms with Gasteiger partial charge in [0, 0.05) is 18.5 Å². The molecule has 0 unspecified atom stereocenters. The third-order valence-electron chi connectivity index (χ3n) is 6.51. The summed E-state index contributed by atoms with van der Waals surface area (Å²) >= 11 is 0. The average molecular weight is 400 g/mol. The summed E-state index contributed by atoms with van der Waals surface area (Å²) < 4.78 is 25.7. The summed E-state index contributed by atoms with van der Waals surface area (Å²) in [5.41, 5.74) is 1.99. The van der Waals surface area contributed by atoms with Gasteiger partial charge in [0.25, 0.3) is 0 Å². The molecule has 1 heterocycles. The highest BCUT2D eigenvalue weighted by Crippen LogP contribution is 2.45. The van der Waals surface area contributed by atoms with Crippen molar-refractivity contribution >= 4 is 9.84 Å². The van der Waals surface area contributed by atoms with Crippen LogP contribution in [0.2, 0.25) is 0 Å². The Morgan fingerprint density at radius 3 is 2.36 bits per heavy atom. The molecule has 1 saturated carbocycles. The number of likely N-dealkylation sites (tertiary alicyclic amines) is 1. The van der Waals surface area contributed by atoms with E-state index in [2.05, 4.69) is 4.90 Å². The molecule has 0 aromatic heterocycles. The van der Waals surface area contributed by atoms with Crippen molar-refractivity contribution in [2.24, 2.45) is 5.41 Å². The van der Waals surface area contributed by atoms with E-state index in [-0.39, 0.29) is 17.3 Å². The summed E-state index contributed by atoms with van der Waals surface area (Å²) in [6.45, 7) is 2.66. The van der Waals surface area contributed by atoms with E-state index in [0.29, 0.717) is 4.90 Å². The molecule has 2 aromatic carbocycles. The van der Waals surface area contributed by atoms with Gasteiger partial charge in [-0.25, -0.2) is 8.42 Å². The first-order valence-corrected chi connectivity index (χ1v) is 11.9. The Morgan fingerprint density at radius 2 is 1.64 bits per heavy atom. The van der Waals surface area contributed by atoms with Crippen molar-refractivity contribution in [3.8, 4) is 0 Å². The summed E-state index contributed by atoms with van der Waals surface area (Å²) in [6, 6.07) is 16.5. The van der Waals surface area contributed by atoms with E-state index in [1.165, 1.54) is 0 Å². The highest BCUT2D eigenvalue weighted by Gasteiger charge is 2.44. The molecule has 2 fully saturated rings. The molecule has 0 amide bonds. The molecule has 5 heteroatoms. The van der Waals surface area contributed by atoms with Crippen molar-refractivity contribution in [2.75, 3.05) is 13.1 Å². The molecule has 150 valence electrons. The predicted octanol–water partition coefficient (Wildman–Crippen LogP) is 3.79. The van der Waals surface area contributed by atoms with E-state index in [1.807, 2.05) is 30.3 Å². The minimum Gasteiger partial charge on any atom is -0.393 e. The Morgan fingerprint density at radius 1 is 0.964 bits per heavy atom. The zero-order chi connectivity index (χ0) is 19.6. The molecular weight excluding hydrogens is 370 g/mol. The number of rotatable bonds is 5. The van der Waals surface area contributed by atoms with Crippen LogP contribution in [-0.4, -0.2) is 37.6 Å². The van der Waals surface area contributed by atoms with Crippen LogP contribution in [0.15, 0.2) is 59.5 Å². The number of piperidine rings is 1. The number of aliphatic hydroxyl groups is 1. The molecule has 0 bridgehead atoms. The molecular formula is C23H29NO3S. The molecule has 1 N–H and O–H groups in total. The van der Waals surface area contributed by atoms with Gasteiger partial charge in [-0.05, 0) is 55.5 Å². The first-order chi connectivity index (χ1) is 13.5. The number of sulfone groups is 1. The maximum atomic E-state index is 12.8. The lowest BCUT2D eigenvalue weighted by Gasteiger charge is -2.42. The first-order valence-electron chi connectivity index (χ1n) is 10.2. The molecule has 4 nitrogen and oxygen atoms in total. The van der Waals surface area contributed by atoms with E-state index < -0.39 is 9.84 Å². The summed E-state index contributed by atoms with van der Waals surface area (Å²) in [6.07, 6.45) is 5.15. The number of hydrogen-bond donors (Lipinski definition) is 1. The van der Waals surface area contributed by atoms with E-state index in [0.717, 1.165) is 62.9 Å². The summed E-state index contributed by atoms with van der Waals surface area (Å²) in [7, 11) is -3.37. The lowest BCUT2D eigenvalue weighted by molar-refractivity contribution is -0.0120. The largest absolute Gasteiger partial charge is 0.393 e. The fourth-order valence-electron chi connectivity index (χ4n) is 5.00. The van der Waals surface area contributed by atoms with E-state index >= 15 is 0 Å². The van der Waals surface area contributed by atoms with E-state index in [9.17, 15) is 13.5 Å². The molecule has 1 aliphatic heterocycles. The van der Waals surface area contributed by atoms with Crippen LogP contribution in [0.5, 0.6) is 0 Å². The van der Waals surface area contributed by atoms with Crippen molar-refractivity contribution in [3.05, 3.63) is 65.7 Å². The van der Waals surface area contributed by atoms with E-state index in [1.54, 1.807) is 24.3 Å². The van der Waals surface area contributed by atoms with Crippen molar-refractivity contribution in [2.45, 2.75) is 55.4 Å². The molecule has 1 spiro atoms. The number of nitrogens with zero attached hydrogens (tertiary/aromatic N) is 1. The second-order valence-corrected chi connectivity index (χ2v) is 10.4. The minimum atomic E-state index is -3.37. The molecule has 2 aliphatic rings. The Labute approximate surface area is 168 Å². The van der Waals surface area contributed by atoms with Gasteiger partial charge < -0.3 is 5.11 Å². The van der Waals surface area contributed by atoms with Gasteiger partial charge in [0.1, 0.15) is 0 Å². The first kappa shape index (κ1) is 19.6. The second kappa shape index (κ2) is 7.97. The standard InChI is InChI=1S/C23H29NO3S/c25-22-12-6-13-23(22)14-7-15-24(18-23)16-19-8-4-5-9-20(19)17-28(26,27)21-10-2-1-3-11-21/h1-5,8-11,22,25H,6-7,12-18H2/t22-,23+/m1/s1. The number of benzene rings is 2. The normalized spacial score (nSPS) is 26.0. The molecule has 4 rings (SSSR count). The fraction of sp³-hybridized carbons (Fsp3) is 0.478. The Bertz CT molecular complexity index is 912. The van der Waals surface area contributed by atoms with Crippen LogP contribution in [0.1, 0.15) is 43.2 Å². The van der Waals surface area contributed by atoms with Gasteiger partial charge in [0.05, 0.1) is 16.8 Å². The molecule has 28 heavy (non-hydrogen) atoms. The maximum Gasteiger partial charge on any atom is 0.182 e. The molecule has 2 aromatic rings. The SMILES string of the molecule is O=S(=O)(Cc1ccccc1CN1CCC[C@@]2(CCC[C@H]2O)C1)c1ccccc1. The van der Waals surface area contributed by atoms with Crippen LogP contribution in [0, 0.1) is 5.41 Å². The van der Waals surface area contributed by atoms with Crippen molar-refractivity contribution in [3.63, 3.8) is 0 Å². The van der Waals surface area contributed by atoms with Gasteiger partial charge in [-0.1, -0.05) is 48.9 Å². The smallest absolute Gasteiger partial charge is 0.182 e. The van der Waals surface area contributed by atoms with Crippen LogP contribution in [0.3, 0.4) is 0 Å². The average Bonchev–Trinajstić information content (AvgIpc) is 3.03. The second-order valence-electron chi connectivity index (χ2n) is 8.43. The zero-order valence-corrected chi connectivity index (χ0v) is 17.1. The topological polar surface area (TPSA) is 57.6 Å². The van der Waals surface area contributed by atoms with Crippen molar-refractivity contribution in [1.29, 1.82) is 0 Å². The van der Waals surface area contributed by atoms with Gasteiger partial charge in [-0.15, -0.1) is 0 Å². The van der Waals surface area contributed by atoms with Gasteiger partial charge in [-0.2, -0.15) is 0 Å². The highest BCUT2D eigenvalue weighted by atomic mass is 32.2. The maximum absolute atomic E-state index is 12.8. The minimum absolute atomic E-state index is 0.0226. The lowest BCUT2D eigenvalue weighted by Crippen LogP contribution is -2.46. The van der Waals surface area contributed by atoms with Gasteiger partial charge in [0.2, 0.25) is 0 Å². The van der Waals surface area contributed by atoms with Crippen LogP contribution in [0.4, 0.5) is 0 Å². The molecule has 1 saturated heterocycles. The summed E-state index contributed by atoms with van der Waals surface area (Å²) in [5.74, 6) is 0.0226. The van der Waals surface area contributed by atoms with Crippen LogP contribution < -0.4 is 0 Å². The molecule has 1 aliphatic carbocycles. The van der Waals surface area contributed by atoms with Gasteiger partial charge in [0.15, 0.2) is 9.84 Å². The van der Waals surface area contributed by atoms with E-state index in [4.69, 9.17) is 0 Å². The summed E-state index contributed by atoms with van der Waals surface area (Å²) in [4.78, 5) is 2.78. The fourth-order valence-corrected chi connectivity index (χ4v) is 6.43. The van der Waals surface area contributed by atoms with Crippen molar-refractivity contribution < 1.29 is 13.5 Å². The Balaban J connectivity index is 1.52. The monoisotopic (exact) mass is 399 g/mol.